The van der Waals surface area contributed by atoms with Crippen molar-refractivity contribution in [3.05, 3.63) is 53.6 Å². The third-order valence-electron chi connectivity index (χ3n) is 8.17. The number of nitrogens with two attached hydrogens (primary N) is 1. The molecular formula is C28H33N9O3. The first-order valence-electron chi connectivity index (χ1n) is 13.7. The highest BCUT2D eigenvalue weighted by Crippen LogP contribution is 2.45. The molecule has 2 aliphatic heterocycles. The summed E-state index contributed by atoms with van der Waals surface area (Å²) in [5.74, 6) is 0.478. The zero-order valence-corrected chi connectivity index (χ0v) is 22.8. The molecule has 4 aromatic rings. The number of anilines is 1. The lowest BCUT2D eigenvalue weighted by Crippen LogP contribution is -2.46. The minimum atomic E-state index is -0.631. The number of ketones is 1. The number of fused-ring (bicyclic) bond motifs is 3. The maximum atomic E-state index is 13.1. The number of amides is 1. The molecule has 12 nitrogen and oxygen atoms in total. The molecular weight excluding hydrogens is 510 g/mol. The number of aliphatic hydroxyl groups excluding tert-OH is 1. The summed E-state index contributed by atoms with van der Waals surface area (Å²) in [4.78, 5) is 40.2. The number of pyridine rings is 1. The van der Waals surface area contributed by atoms with Crippen molar-refractivity contribution in [2.24, 2.45) is 5.92 Å². The molecule has 2 saturated heterocycles. The fraction of sp³-hybridized carbons (Fsp3) is 0.464. The summed E-state index contributed by atoms with van der Waals surface area (Å²) in [7, 11) is 0. The SMILES string of the molecule is CC(=O)c1c([C@@H]2C[C@H]3CC[C@@H](C2)N3C(=O)c2nnc[nH]2)nc2c(-c3ccc(C(O)CC(C)C)nc3)cnn2c1N. The number of hydrogen-bond donors (Lipinski definition) is 3. The molecule has 0 radical (unpaired) electrons. The molecule has 2 bridgehead atoms. The number of aromatic amines is 1. The molecule has 1 amide bonds. The predicted molar refractivity (Wildman–Crippen MR) is 146 cm³/mol. The van der Waals surface area contributed by atoms with Gasteiger partial charge in [0.1, 0.15) is 12.1 Å². The van der Waals surface area contributed by atoms with Gasteiger partial charge in [-0.05, 0) is 51.0 Å². The van der Waals surface area contributed by atoms with Crippen molar-refractivity contribution in [3.63, 3.8) is 0 Å². The zero-order chi connectivity index (χ0) is 28.1. The van der Waals surface area contributed by atoms with Crippen LogP contribution in [0.1, 0.15) is 97.3 Å². The molecule has 2 fully saturated rings. The van der Waals surface area contributed by atoms with E-state index in [4.69, 9.17) is 10.7 Å². The second-order valence-electron chi connectivity index (χ2n) is 11.3. The summed E-state index contributed by atoms with van der Waals surface area (Å²) < 4.78 is 1.51. The Morgan fingerprint density at radius 3 is 2.52 bits per heavy atom. The largest absolute Gasteiger partial charge is 0.387 e. The monoisotopic (exact) mass is 543 g/mol. The topological polar surface area (TPSA) is 168 Å². The first kappa shape index (κ1) is 26.1. The summed E-state index contributed by atoms with van der Waals surface area (Å²) >= 11 is 0. The van der Waals surface area contributed by atoms with Gasteiger partial charge in [0.25, 0.3) is 5.91 Å². The molecule has 4 N–H and O–H groups in total. The lowest BCUT2D eigenvalue weighted by Gasteiger charge is -2.38. The van der Waals surface area contributed by atoms with Crippen molar-refractivity contribution in [2.45, 2.75) is 77.0 Å². The quantitative estimate of drug-likeness (QED) is 0.296. The van der Waals surface area contributed by atoms with Crippen LogP contribution in [0.5, 0.6) is 0 Å². The Labute approximate surface area is 231 Å². The smallest absolute Gasteiger partial charge is 0.292 e. The van der Waals surface area contributed by atoms with Crippen molar-refractivity contribution < 1.29 is 14.7 Å². The standard InChI is InChI=1S/C28H33N9O3/c1-14(2)8-22(39)21-7-4-16(11-30-21)20-12-33-37-25(29)23(15(3)38)24(34-27(20)37)17-9-18-5-6-19(10-17)36(18)28(40)26-31-13-32-35-26/h4,7,11-14,17-19,22,39H,5-6,8-10,29H2,1-3H3,(H,31,32,35)/t17-,18-,19+,22?. The number of aliphatic hydroxyl groups is 1. The lowest BCUT2D eigenvalue weighted by molar-refractivity contribution is 0.0556. The predicted octanol–water partition coefficient (Wildman–Crippen LogP) is 3.32. The van der Waals surface area contributed by atoms with Gasteiger partial charge >= 0.3 is 0 Å². The van der Waals surface area contributed by atoms with Crippen LogP contribution < -0.4 is 5.73 Å². The molecule has 4 atom stereocenters. The third-order valence-corrected chi connectivity index (χ3v) is 8.17. The van der Waals surface area contributed by atoms with Crippen LogP contribution in [0.4, 0.5) is 5.82 Å². The Hall–Kier alpha value is -4.19. The van der Waals surface area contributed by atoms with Gasteiger partial charge in [-0.15, -0.1) is 10.2 Å². The van der Waals surface area contributed by atoms with Crippen LogP contribution in [0.25, 0.3) is 16.8 Å². The van der Waals surface area contributed by atoms with Gasteiger partial charge < -0.3 is 20.7 Å². The Balaban J connectivity index is 1.35. The van der Waals surface area contributed by atoms with Gasteiger partial charge in [0.2, 0.25) is 5.82 Å². The molecule has 12 heteroatoms. The third kappa shape index (κ3) is 4.41. The second kappa shape index (κ2) is 10.1. The number of aromatic nitrogens is 7. The fourth-order valence-electron chi connectivity index (χ4n) is 6.39. The highest BCUT2D eigenvalue weighted by molar-refractivity contribution is 6.00. The van der Waals surface area contributed by atoms with E-state index in [0.717, 1.165) is 24.0 Å². The van der Waals surface area contributed by atoms with Crippen LogP contribution in [0.2, 0.25) is 0 Å². The van der Waals surface area contributed by atoms with E-state index in [2.05, 4.69) is 39.1 Å². The molecule has 0 spiro atoms. The van der Waals surface area contributed by atoms with Crippen LogP contribution >= 0.6 is 0 Å². The summed E-state index contributed by atoms with van der Waals surface area (Å²) in [5, 5.41) is 22.6. The Morgan fingerprint density at radius 1 is 1.18 bits per heavy atom. The molecule has 0 aromatic carbocycles. The molecule has 6 heterocycles. The first-order valence-corrected chi connectivity index (χ1v) is 13.7. The molecule has 2 aliphatic rings. The molecule has 40 heavy (non-hydrogen) atoms. The van der Waals surface area contributed by atoms with Crippen molar-refractivity contribution in [1.29, 1.82) is 0 Å². The normalized spacial score (nSPS) is 21.3. The minimum absolute atomic E-state index is 0.0128. The number of carbonyl (C=O) groups is 2. The number of rotatable bonds is 7. The number of piperidine rings is 1. The van der Waals surface area contributed by atoms with Crippen molar-refractivity contribution >= 4 is 23.2 Å². The summed E-state index contributed by atoms with van der Waals surface area (Å²) in [6, 6.07) is 3.74. The van der Waals surface area contributed by atoms with E-state index in [-0.39, 0.29) is 41.3 Å². The molecule has 0 aliphatic carbocycles. The highest BCUT2D eigenvalue weighted by atomic mass is 16.3. The first-order chi connectivity index (χ1) is 19.2. The number of carbonyl (C=O) groups excluding carboxylic acids is 2. The molecule has 1 unspecified atom stereocenters. The van der Waals surface area contributed by atoms with Gasteiger partial charge in [0.15, 0.2) is 11.4 Å². The van der Waals surface area contributed by atoms with E-state index in [9.17, 15) is 14.7 Å². The minimum Gasteiger partial charge on any atom is -0.387 e. The van der Waals surface area contributed by atoms with Gasteiger partial charge in [0, 0.05) is 35.3 Å². The van der Waals surface area contributed by atoms with Crippen molar-refractivity contribution in [1.82, 2.24) is 39.7 Å². The second-order valence-corrected chi connectivity index (χ2v) is 11.3. The molecule has 208 valence electrons. The number of nitrogens with zero attached hydrogens (tertiary/aromatic N) is 7. The van der Waals surface area contributed by atoms with Gasteiger partial charge in [-0.3, -0.25) is 14.6 Å². The van der Waals surface area contributed by atoms with Crippen LogP contribution in [0.3, 0.4) is 0 Å². The van der Waals surface area contributed by atoms with E-state index in [1.54, 1.807) is 12.4 Å². The molecule has 0 saturated carbocycles. The van der Waals surface area contributed by atoms with Crippen molar-refractivity contribution in [3.8, 4) is 11.1 Å². The van der Waals surface area contributed by atoms with E-state index in [1.807, 2.05) is 17.0 Å². The maximum Gasteiger partial charge on any atom is 0.292 e. The van der Waals surface area contributed by atoms with Gasteiger partial charge in [-0.1, -0.05) is 19.9 Å². The Morgan fingerprint density at radius 2 is 1.93 bits per heavy atom. The summed E-state index contributed by atoms with van der Waals surface area (Å²) in [6.07, 6.45) is 7.90. The average Bonchev–Trinajstić information content (AvgIpc) is 3.66. The lowest BCUT2D eigenvalue weighted by atomic mass is 9.85. The van der Waals surface area contributed by atoms with Crippen LogP contribution in [0, 0.1) is 5.92 Å². The number of hydrogen-bond acceptors (Lipinski definition) is 9. The number of nitrogens with one attached hydrogen (secondary N) is 1. The van der Waals surface area contributed by atoms with E-state index < -0.39 is 6.10 Å². The summed E-state index contributed by atoms with van der Waals surface area (Å²) in [6.45, 7) is 5.61. The molecule has 4 aromatic heterocycles. The van der Waals surface area contributed by atoms with Gasteiger partial charge in [-0.2, -0.15) is 9.61 Å². The number of H-pyrrole nitrogens is 1. The summed E-state index contributed by atoms with van der Waals surface area (Å²) in [5.41, 5.74) is 10.3. The van der Waals surface area contributed by atoms with Crippen LogP contribution in [0.15, 0.2) is 30.9 Å². The number of nitrogen functional groups attached to an aromatic ring is 1. The number of Topliss-reactive ketones (excluding diaryl/α,β-unsaturated/α-hetero) is 1. The molecule has 6 rings (SSSR count). The van der Waals surface area contributed by atoms with Gasteiger partial charge in [-0.25, -0.2) is 4.98 Å². The van der Waals surface area contributed by atoms with Crippen LogP contribution in [-0.2, 0) is 0 Å². The van der Waals surface area contributed by atoms with Crippen LogP contribution in [-0.4, -0.2) is 68.5 Å². The zero-order valence-electron chi connectivity index (χ0n) is 22.8. The Bertz CT molecular complexity index is 1550. The van der Waals surface area contributed by atoms with Gasteiger partial charge in [0.05, 0.1) is 29.3 Å². The average molecular weight is 544 g/mol. The highest BCUT2D eigenvalue weighted by Gasteiger charge is 2.45. The van der Waals surface area contributed by atoms with E-state index >= 15 is 0 Å². The maximum absolute atomic E-state index is 13.1. The van der Waals surface area contributed by atoms with E-state index in [1.165, 1.54) is 17.8 Å². The fourth-order valence-corrected chi connectivity index (χ4v) is 6.39. The Kier molecular flexibility index (Phi) is 6.57. The van der Waals surface area contributed by atoms with E-state index in [0.29, 0.717) is 47.8 Å². The van der Waals surface area contributed by atoms with Crippen molar-refractivity contribution in [2.75, 3.05) is 5.73 Å².